The standard InChI is InChI=1S/C11H15ClN2O3/c1-14-4-3-8(5-10(14)15)11(16)13-6-9(12)7-17-2/h3-5,9H,6-7H2,1-2H3,(H,13,16). The van der Waals surface area contributed by atoms with Gasteiger partial charge in [-0.05, 0) is 6.07 Å². The summed E-state index contributed by atoms with van der Waals surface area (Å²) in [4.78, 5) is 23.0. The summed E-state index contributed by atoms with van der Waals surface area (Å²) in [5, 5.41) is 2.35. The molecule has 1 aromatic heterocycles. The average molecular weight is 259 g/mol. The number of amides is 1. The number of aromatic nitrogens is 1. The van der Waals surface area contributed by atoms with Crippen LogP contribution >= 0.6 is 11.6 Å². The first kappa shape index (κ1) is 13.7. The van der Waals surface area contributed by atoms with Crippen molar-refractivity contribution in [2.24, 2.45) is 7.05 Å². The normalized spacial score (nSPS) is 12.2. The lowest BCUT2D eigenvalue weighted by Gasteiger charge is -2.09. The lowest BCUT2D eigenvalue weighted by molar-refractivity contribution is 0.0949. The summed E-state index contributed by atoms with van der Waals surface area (Å²) in [6, 6.07) is 2.87. The molecule has 17 heavy (non-hydrogen) atoms. The molecular weight excluding hydrogens is 244 g/mol. The first-order chi connectivity index (χ1) is 8.04. The fourth-order valence-corrected chi connectivity index (χ4v) is 1.44. The van der Waals surface area contributed by atoms with Crippen molar-refractivity contribution in [2.45, 2.75) is 5.38 Å². The fourth-order valence-electron chi connectivity index (χ4n) is 1.24. The van der Waals surface area contributed by atoms with Crippen LogP contribution in [0.4, 0.5) is 0 Å². The molecule has 0 spiro atoms. The molecule has 1 atom stereocenters. The van der Waals surface area contributed by atoms with E-state index >= 15 is 0 Å². The molecule has 6 heteroatoms. The van der Waals surface area contributed by atoms with Crippen LogP contribution in [0.25, 0.3) is 0 Å². The van der Waals surface area contributed by atoms with E-state index in [9.17, 15) is 9.59 Å². The molecule has 1 heterocycles. The highest BCUT2D eigenvalue weighted by Crippen LogP contribution is 1.97. The zero-order valence-corrected chi connectivity index (χ0v) is 10.5. The van der Waals surface area contributed by atoms with Gasteiger partial charge in [0.25, 0.3) is 11.5 Å². The van der Waals surface area contributed by atoms with Crippen molar-refractivity contribution >= 4 is 17.5 Å². The lowest BCUT2D eigenvalue weighted by Crippen LogP contribution is -2.32. The zero-order valence-electron chi connectivity index (χ0n) is 9.77. The summed E-state index contributed by atoms with van der Waals surface area (Å²) in [7, 11) is 3.16. The number of hydrogen-bond acceptors (Lipinski definition) is 3. The van der Waals surface area contributed by atoms with Crippen LogP contribution in [0.2, 0.25) is 0 Å². The first-order valence-electron chi connectivity index (χ1n) is 5.12. The SMILES string of the molecule is COCC(Cl)CNC(=O)c1ccn(C)c(=O)c1. The third kappa shape index (κ3) is 4.20. The molecule has 0 bridgehead atoms. The van der Waals surface area contributed by atoms with Crippen LogP contribution in [0, 0.1) is 0 Å². The van der Waals surface area contributed by atoms with Gasteiger partial charge in [0.05, 0.1) is 12.0 Å². The smallest absolute Gasteiger partial charge is 0.251 e. The Morgan fingerprint density at radius 2 is 2.35 bits per heavy atom. The van der Waals surface area contributed by atoms with Crippen molar-refractivity contribution < 1.29 is 9.53 Å². The number of rotatable bonds is 5. The molecule has 0 aromatic carbocycles. The quantitative estimate of drug-likeness (QED) is 0.777. The molecule has 1 unspecified atom stereocenters. The predicted molar refractivity (Wildman–Crippen MR) is 65.5 cm³/mol. The van der Waals surface area contributed by atoms with Crippen LogP contribution in [0.1, 0.15) is 10.4 Å². The molecule has 0 saturated carbocycles. The summed E-state index contributed by atoms with van der Waals surface area (Å²) in [6.07, 6.45) is 1.55. The minimum Gasteiger partial charge on any atom is -0.383 e. The summed E-state index contributed by atoms with van der Waals surface area (Å²) in [6.45, 7) is 0.655. The topological polar surface area (TPSA) is 60.3 Å². The van der Waals surface area contributed by atoms with E-state index in [1.165, 1.54) is 17.7 Å². The van der Waals surface area contributed by atoms with Gasteiger partial charge < -0.3 is 14.6 Å². The van der Waals surface area contributed by atoms with Gasteiger partial charge in [-0.15, -0.1) is 11.6 Å². The molecule has 0 fully saturated rings. The van der Waals surface area contributed by atoms with Crippen LogP contribution in [-0.2, 0) is 11.8 Å². The van der Waals surface area contributed by atoms with Gasteiger partial charge in [0.1, 0.15) is 0 Å². The van der Waals surface area contributed by atoms with E-state index in [-0.39, 0.29) is 16.8 Å². The molecular formula is C11H15ClN2O3. The van der Waals surface area contributed by atoms with Gasteiger partial charge in [-0.1, -0.05) is 0 Å². The van der Waals surface area contributed by atoms with Gasteiger partial charge in [-0.3, -0.25) is 9.59 Å². The first-order valence-corrected chi connectivity index (χ1v) is 5.56. The molecule has 0 aliphatic rings. The Morgan fingerprint density at radius 3 is 2.94 bits per heavy atom. The van der Waals surface area contributed by atoms with Crippen LogP contribution in [-0.4, -0.2) is 36.1 Å². The van der Waals surface area contributed by atoms with Gasteiger partial charge in [0.15, 0.2) is 0 Å². The maximum atomic E-state index is 11.7. The Balaban J connectivity index is 2.58. The summed E-state index contributed by atoms with van der Waals surface area (Å²) in [5.41, 5.74) is 0.103. The second kappa shape index (κ2) is 6.42. The van der Waals surface area contributed by atoms with Gasteiger partial charge in [0, 0.05) is 38.5 Å². The molecule has 5 nitrogen and oxygen atoms in total. The number of pyridine rings is 1. The molecule has 0 aliphatic heterocycles. The van der Waals surface area contributed by atoms with Crippen molar-refractivity contribution in [1.29, 1.82) is 0 Å². The van der Waals surface area contributed by atoms with Gasteiger partial charge in [-0.25, -0.2) is 0 Å². The minimum absolute atomic E-state index is 0.225. The number of halogens is 1. The molecule has 0 saturated heterocycles. The molecule has 1 aromatic rings. The van der Waals surface area contributed by atoms with Crippen molar-refractivity contribution in [2.75, 3.05) is 20.3 Å². The van der Waals surface area contributed by atoms with Crippen LogP contribution in [0.15, 0.2) is 23.1 Å². The largest absolute Gasteiger partial charge is 0.383 e. The van der Waals surface area contributed by atoms with Gasteiger partial charge >= 0.3 is 0 Å². The number of carbonyl (C=O) groups is 1. The van der Waals surface area contributed by atoms with Crippen molar-refractivity contribution in [1.82, 2.24) is 9.88 Å². The van der Waals surface area contributed by atoms with E-state index in [1.54, 1.807) is 19.3 Å². The van der Waals surface area contributed by atoms with E-state index in [1.807, 2.05) is 0 Å². The highest BCUT2D eigenvalue weighted by atomic mass is 35.5. The minimum atomic E-state index is -0.315. The van der Waals surface area contributed by atoms with Crippen LogP contribution in [0.5, 0.6) is 0 Å². The van der Waals surface area contributed by atoms with Gasteiger partial charge in [-0.2, -0.15) is 0 Å². The van der Waals surface area contributed by atoms with E-state index < -0.39 is 0 Å². The summed E-state index contributed by atoms with van der Waals surface area (Å²) >= 11 is 5.86. The zero-order chi connectivity index (χ0) is 12.8. The second-order valence-electron chi connectivity index (χ2n) is 3.63. The maximum Gasteiger partial charge on any atom is 0.251 e. The van der Waals surface area contributed by atoms with Crippen molar-refractivity contribution in [3.05, 3.63) is 34.2 Å². The highest BCUT2D eigenvalue weighted by molar-refractivity contribution is 6.21. The number of ether oxygens (including phenoxy) is 1. The molecule has 1 rings (SSSR count). The number of hydrogen-bond donors (Lipinski definition) is 1. The number of nitrogens with one attached hydrogen (secondary N) is 1. The highest BCUT2D eigenvalue weighted by Gasteiger charge is 2.09. The van der Waals surface area contributed by atoms with Crippen LogP contribution in [0.3, 0.4) is 0 Å². The Hall–Kier alpha value is -1.33. The molecule has 94 valence electrons. The number of carbonyl (C=O) groups excluding carboxylic acids is 1. The number of nitrogens with zero attached hydrogens (tertiary/aromatic N) is 1. The number of methoxy groups -OCH3 is 1. The fraction of sp³-hybridized carbons (Fsp3) is 0.455. The third-order valence-electron chi connectivity index (χ3n) is 2.20. The predicted octanol–water partition coefficient (Wildman–Crippen LogP) is 0.369. The van der Waals surface area contributed by atoms with Crippen molar-refractivity contribution in [3.63, 3.8) is 0 Å². The third-order valence-corrected chi connectivity index (χ3v) is 2.48. The van der Waals surface area contributed by atoms with E-state index in [0.29, 0.717) is 18.7 Å². The summed E-state index contributed by atoms with van der Waals surface area (Å²) in [5.74, 6) is -0.315. The Morgan fingerprint density at radius 1 is 1.65 bits per heavy atom. The molecule has 1 N–H and O–H groups in total. The molecule has 1 amide bonds. The molecule has 0 radical (unpaired) electrons. The lowest BCUT2D eigenvalue weighted by atomic mass is 10.2. The Kier molecular flexibility index (Phi) is 5.18. The van der Waals surface area contributed by atoms with E-state index in [0.717, 1.165) is 0 Å². The van der Waals surface area contributed by atoms with Crippen molar-refractivity contribution in [3.8, 4) is 0 Å². The molecule has 0 aliphatic carbocycles. The Labute approximate surface area is 104 Å². The number of aryl methyl sites for hydroxylation is 1. The monoisotopic (exact) mass is 258 g/mol. The van der Waals surface area contributed by atoms with E-state index in [2.05, 4.69) is 5.32 Å². The average Bonchev–Trinajstić information content (AvgIpc) is 2.30. The van der Waals surface area contributed by atoms with Gasteiger partial charge in [0.2, 0.25) is 0 Å². The summed E-state index contributed by atoms with van der Waals surface area (Å²) < 4.78 is 6.23. The van der Waals surface area contributed by atoms with Crippen LogP contribution < -0.4 is 10.9 Å². The maximum absolute atomic E-state index is 11.7. The Bertz CT molecular complexity index is 445. The van der Waals surface area contributed by atoms with E-state index in [4.69, 9.17) is 16.3 Å². The number of alkyl halides is 1. The second-order valence-corrected chi connectivity index (χ2v) is 4.24.